The van der Waals surface area contributed by atoms with Gasteiger partial charge in [0.15, 0.2) is 0 Å². The number of amides is 2. The third kappa shape index (κ3) is 5.29. The van der Waals surface area contributed by atoms with Gasteiger partial charge >= 0.3 is 0 Å². The summed E-state index contributed by atoms with van der Waals surface area (Å²) >= 11 is 5.75. The second kappa shape index (κ2) is 7.66. The van der Waals surface area contributed by atoms with Crippen LogP contribution in [-0.4, -0.2) is 22.8 Å². The van der Waals surface area contributed by atoms with Crippen molar-refractivity contribution in [1.29, 1.82) is 0 Å². The molecule has 25 heavy (non-hydrogen) atoms. The molecule has 132 valence electrons. The average molecular weight is 360 g/mol. The topological polar surface area (TPSA) is 85.1 Å². The van der Waals surface area contributed by atoms with E-state index in [1.54, 1.807) is 30.5 Å². The molecule has 0 spiro atoms. The van der Waals surface area contributed by atoms with E-state index in [4.69, 9.17) is 17.3 Å². The van der Waals surface area contributed by atoms with Crippen molar-refractivity contribution < 1.29 is 9.59 Å². The van der Waals surface area contributed by atoms with Crippen molar-refractivity contribution in [3.63, 3.8) is 0 Å². The zero-order valence-corrected chi connectivity index (χ0v) is 15.3. The molecule has 1 aromatic heterocycles. The SMILES string of the molecule is CC(C)(C)c1ccc(C(=O)N[C@@H](Cc2ccc(Cl)nc2)C(N)=O)cc1. The fourth-order valence-electron chi connectivity index (χ4n) is 2.35. The van der Waals surface area contributed by atoms with Crippen molar-refractivity contribution in [3.8, 4) is 0 Å². The fraction of sp³-hybridized carbons (Fsp3) is 0.316. The number of nitrogens with two attached hydrogens (primary N) is 1. The quantitative estimate of drug-likeness (QED) is 0.805. The highest BCUT2D eigenvalue weighted by Crippen LogP contribution is 2.22. The lowest BCUT2D eigenvalue weighted by Crippen LogP contribution is -2.45. The number of rotatable bonds is 5. The van der Waals surface area contributed by atoms with Crippen LogP contribution in [0.4, 0.5) is 0 Å². The first-order valence-corrected chi connectivity index (χ1v) is 8.36. The lowest BCUT2D eigenvalue weighted by molar-refractivity contribution is -0.119. The van der Waals surface area contributed by atoms with Crippen LogP contribution in [0.25, 0.3) is 0 Å². The Morgan fingerprint density at radius 2 is 1.80 bits per heavy atom. The molecule has 0 aliphatic heterocycles. The zero-order chi connectivity index (χ0) is 18.6. The van der Waals surface area contributed by atoms with E-state index in [1.165, 1.54) is 0 Å². The predicted octanol–water partition coefficient (Wildman–Crippen LogP) is 2.86. The molecule has 2 amide bonds. The molecule has 3 N–H and O–H groups in total. The summed E-state index contributed by atoms with van der Waals surface area (Å²) in [4.78, 5) is 28.1. The molecule has 6 heteroatoms. The molecule has 0 bridgehead atoms. The first-order chi connectivity index (χ1) is 11.7. The van der Waals surface area contributed by atoms with E-state index in [0.717, 1.165) is 11.1 Å². The van der Waals surface area contributed by atoms with Gasteiger partial charge < -0.3 is 11.1 Å². The lowest BCUT2D eigenvalue weighted by atomic mass is 9.86. The van der Waals surface area contributed by atoms with Crippen molar-refractivity contribution >= 4 is 23.4 Å². The number of aromatic nitrogens is 1. The van der Waals surface area contributed by atoms with E-state index in [0.29, 0.717) is 10.7 Å². The van der Waals surface area contributed by atoms with Gasteiger partial charge in [0.2, 0.25) is 5.91 Å². The minimum Gasteiger partial charge on any atom is -0.368 e. The molecule has 2 aromatic rings. The molecule has 0 radical (unpaired) electrons. The van der Waals surface area contributed by atoms with Crippen LogP contribution in [0.3, 0.4) is 0 Å². The Morgan fingerprint density at radius 3 is 2.28 bits per heavy atom. The number of carbonyl (C=O) groups is 2. The van der Waals surface area contributed by atoms with Crippen molar-refractivity contribution in [2.75, 3.05) is 0 Å². The summed E-state index contributed by atoms with van der Waals surface area (Å²) in [6, 6.07) is 9.87. The molecule has 0 saturated heterocycles. The Bertz CT molecular complexity index is 750. The fourth-order valence-corrected chi connectivity index (χ4v) is 2.46. The van der Waals surface area contributed by atoms with E-state index in [2.05, 4.69) is 31.1 Å². The Kier molecular flexibility index (Phi) is 5.80. The molecule has 0 fully saturated rings. The van der Waals surface area contributed by atoms with Crippen molar-refractivity contribution in [3.05, 3.63) is 64.4 Å². The molecule has 0 saturated carbocycles. The minimum absolute atomic E-state index is 0.00630. The van der Waals surface area contributed by atoms with Crippen LogP contribution in [0.1, 0.15) is 42.3 Å². The molecule has 0 unspecified atom stereocenters. The van der Waals surface area contributed by atoms with E-state index in [9.17, 15) is 9.59 Å². The number of hydrogen-bond acceptors (Lipinski definition) is 3. The maximum atomic E-state index is 12.4. The largest absolute Gasteiger partial charge is 0.368 e. The van der Waals surface area contributed by atoms with E-state index < -0.39 is 11.9 Å². The highest BCUT2D eigenvalue weighted by atomic mass is 35.5. The standard InChI is InChI=1S/C19H22ClN3O2/c1-19(2,3)14-7-5-13(6-8-14)18(25)23-15(17(21)24)10-12-4-9-16(20)22-11-12/h4-9,11,15H,10H2,1-3H3,(H2,21,24)(H,23,25)/t15-/m0/s1. The minimum atomic E-state index is -0.822. The molecular weight excluding hydrogens is 338 g/mol. The maximum absolute atomic E-state index is 12.4. The number of nitrogens with one attached hydrogen (secondary N) is 1. The third-order valence-electron chi connectivity index (χ3n) is 3.89. The molecule has 0 aliphatic rings. The van der Waals surface area contributed by atoms with Crippen LogP contribution in [0.2, 0.25) is 5.15 Å². The van der Waals surface area contributed by atoms with Gasteiger partial charge in [-0.15, -0.1) is 0 Å². The van der Waals surface area contributed by atoms with Gasteiger partial charge in [-0.3, -0.25) is 9.59 Å². The molecule has 0 aliphatic carbocycles. The number of halogens is 1. The molecular formula is C19H22ClN3O2. The smallest absolute Gasteiger partial charge is 0.251 e. The van der Waals surface area contributed by atoms with Crippen LogP contribution in [0.15, 0.2) is 42.6 Å². The highest BCUT2D eigenvalue weighted by Gasteiger charge is 2.20. The van der Waals surface area contributed by atoms with Gasteiger partial charge in [-0.2, -0.15) is 0 Å². The van der Waals surface area contributed by atoms with Crippen molar-refractivity contribution in [2.24, 2.45) is 5.73 Å². The van der Waals surface area contributed by atoms with Gasteiger partial charge in [0.05, 0.1) is 0 Å². The van der Waals surface area contributed by atoms with E-state index in [-0.39, 0.29) is 17.7 Å². The third-order valence-corrected chi connectivity index (χ3v) is 4.11. The lowest BCUT2D eigenvalue weighted by Gasteiger charge is -2.19. The zero-order valence-electron chi connectivity index (χ0n) is 14.5. The molecule has 1 heterocycles. The summed E-state index contributed by atoms with van der Waals surface area (Å²) in [5, 5.41) is 3.04. The summed E-state index contributed by atoms with van der Waals surface area (Å²) in [6.07, 6.45) is 1.81. The second-order valence-corrected chi connectivity index (χ2v) is 7.34. The van der Waals surface area contributed by atoms with Crippen molar-refractivity contribution in [1.82, 2.24) is 10.3 Å². The van der Waals surface area contributed by atoms with Gasteiger partial charge in [0.1, 0.15) is 11.2 Å². The van der Waals surface area contributed by atoms with Crippen molar-refractivity contribution in [2.45, 2.75) is 38.6 Å². The molecule has 1 aromatic carbocycles. The number of nitrogens with zero attached hydrogens (tertiary/aromatic N) is 1. The second-order valence-electron chi connectivity index (χ2n) is 6.95. The van der Waals surface area contributed by atoms with E-state index in [1.807, 2.05) is 12.1 Å². The molecule has 2 rings (SSSR count). The molecule has 1 atom stereocenters. The van der Waals surface area contributed by atoms with Crippen LogP contribution >= 0.6 is 11.6 Å². The maximum Gasteiger partial charge on any atom is 0.251 e. The predicted molar refractivity (Wildman–Crippen MR) is 98.5 cm³/mol. The monoisotopic (exact) mass is 359 g/mol. The van der Waals surface area contributed by atoms with Gasteiger partial charge in [-0.25, -0.2) is 4.98 Å². The highest BCUT2D eigenvalue weighted by molar-refractivity contribution is 6.29. The van der Waals surface area contributed by atoms with Gasteiger partial charge in [-0.1, -0.05) is 50.6 Å². The van der Waals surface area contributed by atoms with Crippen LogP contribution in [0, 0.1) is 0 Å². The Hall–Kier alpha value is -2.40. The molecule has 5 nitrogen and oxygen atoms in total. The number of benzene rings is 1. The van der Waals surface area contributed by atoms with E-state index >= 15 is 0 Å². The summed E-state index contributed by atoms with van der Waals surface area (Å²) in [5.74, 6) is -0.944. The Labute approximate surface area is 152 Å². The average Bonchev–Trinajstić information content (AvgIpc) is 2.55. The summed E-state index contributed by atoms with van der Waals surface area (Å²) < 4.78 is 0. The normalized spacial score (nSPS) is 12.5. The number of carbonyl (C=O) groups excluding carboxylic acids is 2. The van der Waals surface area contributed by atoms with Gasteiger partial charge in [-0.05, 0) is 34.7 Å². The first-order valence-electron chi connectivity index (χ1n) is 7.98. The number of pyridine rings is 1. The van der Waals surface area contributed by atoms with Crippen LogP contribution in [-0.2, 0) is 16.6 Å². The van der Waals surface area contributed by atoms with Crippen LogP contribution < -0.4 is 11.1 Å². The summed E-state index contributed by atoms with van der Waals surface area (Å²) in [6.45, 7) is 6.31. The Morgan fingerprint density at radius 1 is 1.16 bits per heavy atom. The van der Waals surface area contributed by atoms with Gasteiger partial charge in [0.25, 0.3) is 5.91 Å². The number of primary amides is 1. The first kappa shape index (κ1) is 18.9. The van der Waals surface area contributed by atoms with Crippen LogP contribution in [0.5, 0.6) is 0 Å². The van der Waals surface area contributed by atoms with Gasteiger partial charge in [0, 0.05) is 18.2 Å². The Balaban J connectivity index is 2.09. The summed E-state index contributed by atoms with van der Waals surface area (Å²) in [7, 11) is 0. The number of hydrogen-bond donors (Lipinski definition) is 2. The summed E-state index contributed by atoms with van der Waals surface area (Å²) in [5.41, 5.74) is 7.80.